The van der Waals surface area contributed by atoms with Crippen molar-refractivity contribution in [2.45, 2.75) is 57.9 Å². The Labute approximate surface area is 112 Å². The number of rotatable bonds is 6. The topological polar surface area (TPSA) is 41.1 Å². The minimum atomic E-state index is 0. The lowest BCUT2D eigenvalue weighted by Crippen LogP contribution is -2.41. The van der Waals surface area contributed by atoms with E-state index in [1.165, 1.54) is 44.9 Å². The molecule has 1 aliphatic carbocycles. The summed E-state index contributed by atoms with van der Waals surface area (Å²) in [5, 5.41) is 5.98. The molecule has 0 aliphatic heterocycles. The molecule has 0 spiro atoms. The molecule has 1 amide bonds. The number of halogens is 1. The summed E-state index contributed by atoms with van der Waals surface area (Å²) in [6, 6.07) is 0.429. The maximum absolute atomic E-state index is 11.4. The van der Waals surface area contributed by atoms with Gasteiger partial charge >= 0.3 is 0 Å². The summed E-state index contributed by atoms with van der Waals surface area (Å²) < 4.78 is 0. The second kappa shape index (κ2) is 9.72. The number of hydrogen-bond donors (Lipinski definition) is 2. The Morgan fingerprint density at radius 1 is 1.24 bits per heavy atom. The van der Waals surface area contributed by atoms with Crippen LogP contribution < -0.4 is 10.6 Å². The largest absolute Gasteiger partial charge is 0.352 e. The molecular weight excluding hydrogens is 236 g/mol. The molecule has 2 N–H and O–H groups in total. The van der Waals surface area contributed by atoms with E-state index in [0.29, 0.717) is 12.6 Å². The van der Waals surface area contributed by atoms with Crippen LogP contribution in [-0.2, 0) is 4.79 Å². The first-order valence-corrected chi connectivity index (χ1v) is 6.70. The molecule has 0 aromatic rings. The summed E-state index contributed by atoms with van der Waals surface area (Å²) in [5.74, 6) is 1.05. The highest BCUT2D eigenvalue weighted by Crippen LogP contribution is 2.28. The number of nitrogens with one attached hydrogen (secondary N) is 2. The van der Waals surface area contributed by atoms with Crippen molar-refractivity contribution in [1.29, 1.82) is 0 Å². The van der Waals surface area contributed by atoms with E-state index in [4.69, 9.17) is 0 Å². The van der Waals surface area contributed by atoms with Crippen molar-refractivity contribution in [3.8, 4) is 0 Å². The molecular formula is C13H27ClN2O. The molecule has 17 heavy (non-hydrogen) atoms. The van der Waals surface area contributed by atoms with Gasteiger partial charge in [0.2, 0.25) is 5.91 Å². The predicted octanol–water partition coefficient (Wildman–Crippen LogP) is 2.49. The van der Waals surface area contributed by atoms with Gasteiger partial charge in [-0.1, -0.05) is 26.2 Å². The lowest BCUT2D eigenvalue weighted by atomic mass is 9.83. The standard InChI is InChI=1S/C13H26N2O.ClH/c1-3-4-5-11-6-8-12(9-7-11)15-13(16)10-14-2;/h11-12,14H,3-10H2,1-2H3,(H,15,16);1H. The summed E-state index contributed by atoms with van der Waals surface area (Å²) in [7, 11) is 1.81. The van der Waals surface area contributed by atoms with E-state index in [0.717, 1.165) is 5.92 Å². The molecule has 0 saturated heterocycles. The Bertz CT molecular complexity index is 204. The van der Waals surface area contributed by atoms with Crippen LogP contribution in [0.4, 0.5) is 0 Å². The summed E-state index contributed by atoms with van der Waals surface area (Å²) in [4.78, 5) is 11.4. The summed E-state index contributed by atoms with van der Waals surface area (Å²) in [5.41, 5.74) is 0. The van der Waals surface area contributed by atoms with Crippen molar-refractivity contribution in [3.63, 3.8) is 0 Å². The molecule has 0 aromatic heterocycles. The summed E-state index contributed by atoms with van der Waals surface area (Å²) in [6.45, 7) is 2.69. The molecule has 1 rings (SSSR count). The molecule has 1 fully saturated rings. The Kier molecular flexibility index (Phi) is 9.56. The van der Waals surface area contributed by atoms with Gasteiger partial charge in [0.05, 0.1) is 6.54 Å². The quantitative estimate of drug-likeness (QED) is 0.772. The maximum atomic E-state index is 11.4. The van der Waals surface area contributed by atoms with Crippen molar-refractivity contribution >= 4 is 18.3 Å². The third kappa shape index (κ3) is 6.89. The maximum Gasteiger partial charge on any atom is 0.234 e. The predicted molar refractivity (Wildman–Crippen MR) is 74.6 cm³/mol. The third-order valence-electron chi connectivity index (χ3n) is 3.52. The zero-order valence-corrected chi connectivity index (χ0v) is 11.9. The second-order valence-electron chi connectivity index (χ2n) is 4.96. The molecule has 0 heterocycles. The molecule has 3 nitrogen and oxygen atoms in total. The highest BCUT2D eigenvalue weighted by atomic mass is 35.5. The van der Waals surface area contributed by atoms with Crippen LogP contribution in [0.3, 0.4) is 0 Å². The van der Waals surface area contributed by atoms with Gasteiger partial charge in [-0.25, -0.2) is 0 Å². The Balaban J connectivity index is 0.00000256. The summed E-state index contributed by atoms with van der Waals surface area (Å²) in [6.07, 6.45) is 8.98. The molecule has 0 unspecified atom stereocenters. The van der Waals surface area contributed by atoms with Crippen molar-refractivity contribution in [2.24, 2.45) is 5.92 Å². The van der Waals surface area contributed by atoms with Crippen molar-refractivity contribution in [2.75, 3.05) is 13.6 Å². The fraction of sp³-hybridized carbons (Fsp3) is 0.923. The lowest BCUT2D eigenvalue weighted by Gasteiger charge is -2.29. The van der Waals surface area contributed by atoms with Gasteiger partial charge in [0.15, 0.2) is 0 Å². The van der Waals surface area contributed by atoms with Gasteiger partial charge in [-0.2, -0.15) is 0 Å². The number of hydrogen-bond acceptors (Lipinski definition) is 2. The molecule has 0 aromatic carbocycles. The van der Waals surface area contributed by atoms with E-state index in [1.54, 1.807) is 7.05 Å². The number of likely N-dealkylation sites (N-methyl/N-ethyl adjacent to an activating group) is 1. The van der Waals surface area contributed by atoms with Gasteiger partial charge in [0, 0.05) is 6.04 Å². The first-order valence-electron chi connectivity index (χ1n) is 6.70. The van der Waals surface area contributed by atoms with E-state index >= 15 is 0 Å². The fourth-order valence-corrected chi connectivity index (χ4v) is 2.53. The second-order valence-corrected chi connectivity index (χ2v) is 4.96. The lowest BCUT2D eigenvalue weighted by molar-refractivity contribution is -0.121. The molecule has 0 bridgehead atoms. The number of carbonyl (C=O) groups is 1. The van der Waals surface area contributed by atoms with Gasteiger partial charge in [0.1, 0.15) is 0 Å². The molecule has 1 saturated carbocycles. The zero-order valence-electron chi connectivity index (χ0n) is 11.1. The third-order valence-corrected chi connectivity index (χ3v) is 3.52. The molecule has 102 valence electrons. The van der Waals surface area contributed by atoms with Crippen molar-refractivity contribution in [3.05, 3.63) is 0 Å². The molecule has 4 heteroatoms. The molecule has 0 radical (unpaired) electrons. The molecule has 1 aliphatic rings. The highest BCUT2D eigenvalue weighted by molar-refractivity contribution is 5.85. The SMILES string of the molecule is CCCCC1CCC(NC(=O)CNC)CC1.Cl. The van der Waals surface area contributed by atoms with Gasteiger partial charge in [-0.3, -0.25) is 4.79 Å². The average molecular weight is 263 g/mol. The fourth-order valence-electron chi connectivity index (χ4n) is 2.53. The van der Waals surface area contributed by atoms with Crippen LogP contribution in [0.2, 0.25) is 0 Å². The van der Waals surface area contributed by atoms with Crippen LogP contribution in [0.25, 0.3) is 0 Å². The Morgan fingerprint density at radius 3 is 2.41 bits per heavy atom. The van der Waals surface area contributed by atoms with Crippen LogP contribution in [0.1, 0.15) is 51.9 Å². The van der Waals surface area contributed by atoms with E-state index in [-0.39, 0.29) is 18.3 Å². The van der Waals surface area contributed by atoms with Crippen LogP contribution in [0.5, 0.6) is 0 Å². The van der Waals surface area contributed by atoms with E-state index in [2.05, 4.69) is 17.6 Å². The number of unbranched alkanes of at least 4 members (excludes halogenated alkanes) is 1. The monoisotopic (exact) mass is 262 g/mol. The van der Waals surface area contributed by atoms with E-state index in [1.807, 2.05) is 0 Å². The average Bonchev–Trinajstić information content (AvgIpc) is 2.28. The van der Waals surface area contributed by atoms with Crippen LogP contribution in [0.15, 0.2) is 0 Å². The van der Waals surface area contributed by atoms with Crippen LogP contribution >= 0.6 is 12.4 Å². The zero-order chi connectivity index (χ0) is 11.8. The van der Waals surface area contributed by atoms with Gasteiger partial charge in [-0.15, -0.1) is 12.4 Å². The van der Waals surface area contributed by atoms with Gasteiger partial charge in [-0.05, 0) is 38.6 Å². The normalized spacial score (nSPS) is 23.9. The van der Waals surface area contributed by atoms with Crippen molar-refractivity contribution < 1.29 is 4.79 Å². The van der Waals surface area contributed by atoms with Crippen molar-refractivity contribution in [1.82, 2.24) is 10.6 Å². The minimum absolute atomic E-state index is 0. The Morgan fingerprint density at radius 2 is 1.88 bits per heavy atom. The number of amides is 1. The first-order chi connectivity index (χ1) is 7.76. The van der Waals surface area contributed by atoms with Gasteiger partial charge in [0.25, 0.3) is 0 Å². The minimum Gasteiger partial charge on any atom is -0.352 e. The van der Waals surface area contributed by atoms with E-state index in [9.17, 15) is 4.79 Å². The highest BCUT2D eigenvalue weighted by Gasteiger charge is 2.21. The van der Waals surface area contributed by atoms with Gasteiger partial charge < -0.3 is 10.6 Å². The number of carbonyl (C=O) groups excluding carboxylic acids is 1. The smallest absolute Gasteiger partial charge is 0.234 e. The molecule has 0 atom stereocenters. The first kappa shape index (κ1) is 16.7. The van der Waals surface area contributed by atoms with Crippen LogP contribution in [0, 0.1) is 5.92 Å². The Hall–Kier alpha value is -0.280. The van der Waals surface area contributed by atoms with Crippen LogP contribution in [-0.4, -0.2) is 25.5 Å². The summed E-state index contributed by atoms with van der Waals surface area (Å²) >= 11 is 0. The van der Waals surface area contributed by atoms with E-state index < -0.39 is 0 Å².